The topological polar surface area (TPSA) is 41.1 Å². The standard InChI is InChI=1S/C17H16ClF3N2O/c1-10-3-4-11(2)14(7-10)23-16(24)9-22-15-8-12(17(19,20)21)5-6-13(15)18/h3-8,22H,9H2,1-2H3,(H,23,24). The molecule has 2 aromatic carbocycles. The van der Waals surface area contributed by atoms with Crippen LogP contribution in [0.25, 0.3) is 0 Å². The lowest BCUT2D eigenvalue weighted by atomic mass is 10.1. The number of aryl methyl sites for hydroxylation is 2. The summed E-state index contributed by atoms with van der Waals surface area (Å²) in [5, 5.41) is 5.47. The lowest BCUT2D eigenvalue weighted by Gasteiger charge is -2.13. The summed E-state index contributed by atoms with van der Waals surface area (Å²) in [6.45, 7) is 3.55. The first-order valence-electron chi connectivity index (χ1n) is 7.14. The summed E-state index contributed by atoms with van der Waals surface area (Å²) < 4.78 is 38.2. The van der Waals surface area contributed by atoms with E-state index in [2.05, 4.69) is 10.6 Å². The van der Waals surface area contributed by atoms with Crippen molar-refractivity contribution in [3.63, 3.8) is 0 Å². The highest BCUT2D eigenvalue weighted by molar-refractivity contribution is 6.33. The second kappa shape index (κ2) is 7.13. The molecule has 1 amide bonds. The second-order valence-corrected chi connectivity index (χ2v) is 5.82. The lowest BCUT2D eigenvalue weighted by Crippen LogP contribution is -2.22. The molecule has 2 aromatic rings. The molecule has 7 heteroatoms. The molecule has 0 unspecified atom stereocenters. The Labute approximate surface area is 142 Å². The van der Waals surface area contributed by atoms with E-state index >= 15 is 0 Å². The van der Waals surface area contributed by atoms with E-state index in [1.54, 1.807) is 0 Å². The Morgan fingerprint density at radius 1 is 1.08 bits per heavy atom. The molecule has 0 spiro atoms. The second-order valence-electron chi connectivity index (χ2n) is 5.41. The van der Waals surface area contributed by atoms with Gasteiger partial charge in [0.05, 0.1) is 22.8 Å². The number of benzene rings is 2. The van der Waals surface area contributed by atoms with Gasteiger partial charge in [0.1, 0.15) is 0 Å². The van der Waals surface area contributed by atoms with Crippen molar-refractivity contribution in [3.8, 4) is 0 Å². The summed E-state index contributed by atoms with van der Waals surface area (Å²) in [5.41, 5.74) is 1.78. The summed E-state index contributed by atoms with van der Waals surface area (Å²) in [5.74, 6) is -0.378. The minimum atomic E-state index is -4.47. The number of hydrogen-bond donors (Lipinski definition) is 2. The molecule has 0 aromatic heterocycles. The summed E-state index contributed by atoms with van der Waals surface area (Å²) in [4.78, 5) is 12.0. The van der Waals surface area contributed by atoms with Crippen LogP contribution in [0.2, 0.25) is 5.02 Å². The maximum Gasteiger partial charge on any atom is 0.416 e. The summed E-state index contributed by atoms with van der Waals surface area (Å²) in [6.07, 6.45) is -4.47. The zero-order valence-corrected chi connectivity index (χ0v) is 13.8. The third-order valence-corrected chi connectivity index (χ3v) is 3.73. The Morgan fingerprint density at radius 3 is 2.46 bits per heavy atom. The van der Waals surface area contributed by atoms with Crippen LogP contribution in [-0.2, 0) is 11.0 Å². The van der Waals surface area contributed by atoms with Crippen LogP contribution in [-0.4, -0.2) is 12.5 Å². The first kappa shape index (κ1) is 18.1. The van der Waals surface area contributed by atoms with E-state index in [4.69, 9.17) is 11.6 Å². The first-order valence-corrected chi connectivity index (χ1v) is 7.52. The van der Waals surface area contributed by atoms with E-state index in [0.717, 1.165) is 29.3 Å². The van der Waals surface area contributed by atoms with Crippen molar-refractivity contribution in [3.05, 3.63) is 58.1 Å². The van der Waals surface area contributed by atoms with Crippen LogP contribution in [0.4, 0.5) is 24.5 Å². The molecule has 0 radical (unpaired) electrons. The zero-order chi connectivity index (χ0) is 17.9. The van der Waals surface area contributed by atoms with Gasteiger partial charge in [0.15, 0.2) is 0 Å². The van der Waals surface area contributed by atoms with Gasteiger partial charge in [-0.3, -0.25) is 4.79 Å². The van der Waals surface area contributed by atoms with Crippen molar-refractivity contribution >= 4 is 28.9 Å². The van der Waals surface area contributed by atoms with Crippen LogP contribution in [0.1, 0.15) is 16.7 Å². The van der Waals surface area contributed by atoms with Gasteiger partial charge < -0.3 is 10.6 Å². The Kier molecular flexibility index (Phi) is 5.39. The van der Waals surface area contributed by atoms with E-state index in [9.17, 15) is 18.0 Å². The van der Waals surface area contributed by atoms with Crippen LogP contribution >= 0.6 is 11.6 Å². The van der Waals surface area contributed by atoms with Crippen molar-refractivity contribution in [1.29, 1.82) is 0 Å². The first-order chi connectivity index (χ1) is 11.2. The molecule has 0 fully saturated rings. The highest BCUT2D eigenvalue weighted by Gasteiger charge is 2.30. The molecule has 0 aliphatic heterocycles. The highest BCUT2D eigenvalue weighted by Crippen LogP contribution is 2.33. The maximum atomic E-state index is 12.7. The number of anilines is 2. The maximum absolute atomic E-state index is 12.7. The Hall–Kier alpha value is -2.21. The number of rotatable bonds is 4. The fraction of sp³-hybridized carbons (Fsp3) is 0.235. The number of carbonyl (C=O) groups excluding carboxylic acids is 1. The molecule has 128 valence electrons. The van der Waals surface area contributed by atoms with Gasteiger partial charge in [-0.05, 0) is 49.2 Å². The highest BCUT2D eigenvalue weighted by atomic mass is 35.5. The van der Waals surface area contributed by atoms with Crippen molar-refractivity contribution < 1.29 is 18.0 Å². The third-order valence-electron chi connectivity index (χ3n) is 3.40. The molecular weight excluding hydrogens is 341 g/mol. The normalized spacial score (nSPS) is 11.2. The molecule has 3 nitrogen and oxygen atoms in total. The van der Waals surface area contributed by atoms with Crippen molar-refractivity contribution in [2.24, 2.45) is 0 Å². The minimum Gasteiger partial charge on any atom is -0.375 e. The number of nitrogens with one attached hydrogen (secondary N) is 2. The molecular formula is C17H16ClF3N2O. The van der Waals surface area contributed by atoms with Crippen LogP contribution in [0.15, 0.2) is 36.4 Å². The predicted octanol–water partition coefficient (Wildman–Crippen LogP) is 5.03. The largest absolute Gasteiger partial charge is 0.416 e. The number of alkyl halides is 3. The van der Waals surface area contributed by atoms with E-state index < -0.39 is 11.7 Å². The summed E-state index contributed by atoms with van der Waals surface area (Å²) >= 11 is 5.87. The molecule has 24 heavy (non-hydrogen) atoms. The molecule has 0 aliphatic carbocycles. The van der Waals surface area contributed by atoms with Crippen LogP contribution < -0.4 is 10.6 Å². The van der Waals surface area contributed by atoms with Gasteiger partial charge in [-0.15, -0.1) is 0 Å². The smallest absolute Gasteiger partial charge is 0.375 e. The van der Waals surface area contributed by atoms with Gasteiger partial charge in [-0.1, -0.05) is 23.7 Å². The molecule has 2 rings (SSSR count). The Bertz CT molecular complexity index is 760. The van der Waals surface area contributed by atoms with Crippen molar-refractivity contribution in [1.82, 2.24) is 0 Å². The van der Waals surface area contributed by atoms with Gasteiger partial charge in [-0.25, -0.2) is 0 Å². The van der Waals surface area contributed by atoms with E-state index in [1.165, 1.54) is 0 Å². The van der Waals surface area contributed by atoms with E-state index in [-0.39, 0.29) is 23.2 Å². The number of halogens is 4. The molecule has 0 bridgehead atoms. The molecule has 2 N–H and O–H groups in total. The predicted molar refractivity (Wildman–Crippen MR) is 89.5 cm³/mol. The Morgan fingerprint density at radius 2 is 1.79 bits per heavy atom. The zero-order valence-electron chi connectivity index (χ0n) is 13.1. The average molecular weight is 357 g/mol. The van der Waals surface area contributed by atoms with Crippen molar-refractivity contribution in [2.75, 3.05) is 17.2 Å². The monoisotopic (exact) mass is 356 g/mol. The lowest BCUT2D eigenvalue weighted by molar-refractivity contribution is -0.137. The number of amides is 1. The number of hydrogen-bond acceptors (Lipinski definition) is 2. The molecule has 0 aliphatic rings. The van der Waals surface area contributed by atoms with Crippen LogP contribution in [0, 0.1) is 13.8 Å². The fourth-order valence-corrected chi connectivity index (χ4v) is 2.26. The number of carbonyl (C=O) groups is 1. The van der Waals surface area contributed by atoms with E-state index in [1.807, 2.05) is 32.0 Å². The SMILES string of the molecule is Cc1ccc(C)c(NC(=O)CNc2cc(C(F)(F)F)ccc2Cl)c1. The Balaban J connectivity index is 2.05. The molecule has 0 saturated carbocycles. The van der Waals surface area contributed by atoms with Gasteiger partial charge in [0.25, 0.3) is 0 Å². The van der Waals surface area contributed by atoms with Gasteiger partial charge >= 0.3 is 6.18 Å². The van der Waals surface area contributed by atoms with Gasteiger partial charge in [0, 0.05) is 5.69 Å². The quantitative estimate of drug-likeness (QED) is 0.807. The van der Waals surface area contributed by atoms with Crippen LogP contribution in [0.3, 0.4) is 0 Å². The van der Waals surface area contributed by atoms with Crippen molar-refractivity contribution in [2.45, 2.75) is 20.0 Å². The van der Waals surface area contributed by atoms with Gasteiger partial charge in [-0.2, -0.15) is 13.2 Å². The average Bonchev–Trinajstić information content (AvgIpc) is 2.49. The molecule has 0 saturated heterocycles. The fourth-order valence-electron chi connectivity index (χ4n) is 2.08. The summed E-state index contributed by atoms with van der Waals surface area (Å²) in [6, 6.07) is 8.55. The minimum absolute atomic E-state index is 0.0580. The summed E-state index contributed by atoms with van der Waals surface area (Å²) in [7, 11) is 0. The third kappa shape index (κ3) is 4.64. The van der Waals surface area contributed by atoms with E-state index in [0.29, 0.717) is 5.69 Å². The van der Waals surface area contributed by atoms with Gasteiger partial charge in [0.2, 0.25) is 5.91 Å². The molecule has 0 heterocycles. The van der Waals surface area contributed by atoms with Crippen LogP contribution in [0.5, 0.6) is 0 Å². The molecule has 0 atom stereocenters.